The number of thiophene rings is 1. The Morgan fingerprint density at radius 2 is 2.20 bits per heavy atom. The fraction of sp³-hybridized carbons (Fsp3) is 0.556. The first-order chi connectivity index (χ1) is 7.03. The Bertz CT molecular complexity index is 400. The standard InChI is InChI=1S/C9H14ClNO2S2/c1-2-3-6-15(12,13)11-7-8-4-5-9(10)14-8/h4-5,11H,2-3,6-7H2,1H3. The molecule has 0 saturated heterocycles. The third-order valence-electron chi connectivity index (χ3n) is 1.86. The highest BCUT2D eigenvalue weighted by molar-refractivity contribution is 7.89. The molecule has 1 aromatic heterocycles. The maximum absolute atomic E-state index is 11.4. The van der Waals surface area contributed by atoms with Crippen molar-refractivity contribution in [2.75, 3.05) is 5.75 Å². The van der Waals surface area contributed by atoms with Crippen molar-refractivity contribution in [3.63, 3.8) is 0 Å². The number of rotatable bonds is 6. The second-order valence-corrected chi connectivity index (χ2v) is 6.93. The molecule has 6 heteroatoms. The summed E-state index contributed by atoms with van der Waals surface area (Å²) in [6.45, 7) is 2.30. The lowest BCUT2D eigenvalue weighted by molar-refractivity contribution is 0.578. The number of hydrogen-bond acceptors (Lipinski definition) is 3. The predicted octanol–water partition coefficient (Wildman–Crippen LogP) is 2.62. The van der Waals surface area contributed by atoms with Crippen molar-refractivity contribution in [2.24, 2.45) is 0 Å². The molecule has 1 rings (SSSR count). The molecule has 1 N–H and O–H groups in total. The second-order valence-electron chi connectivity index (χ2n) is 3.20. The molecule has 0 atom stereocenters. The molecule has 0 amide bonds. The highest BCUT2D eigenvalue weighted by atomic mass is 35.5. The van der Waals surface area contributed by atoms with Gasteiger partial charge in [-0.25, -0.2) is 13.1 Å². The van der Waals surface area contributed by atoms with Gasteiger partial charge in [-0.1, -0.05) is 24.9 Å². The van der Waals surface area contributed by atoms with Crippen LogP contribution in [0.5, 0.6) is 0 Å². The normalized spacial score (nSPS) is 11.9. The Labute approximate surface area is 99.5 Å². The first-order valence-electron chi connectivity index (χ1n) is 4.75. The summed E-state index contributed by atoms with van der Waals surface area (Å²) in [5.74, 6) is 0.197. The van der Waals surface area contributed by atoms with E-state index < -0.39 is 10.0 Å². The maximum Gasteiger partial charge on any atom is 0.211 e. The van der Waals surface area contributed by atoms with Gasteiger partial charge in [-0.05, 0) is 18.6 Å². The molecule has 0 aromatic carbocycles. The second kappa shape index (κ2) is 5.84. The van der Waals surface area contributed by atoms with Crippen molar-refractivity contribution in [3.8, 4) is 0 Å². The van der Waals surface area contributed by atoms with Crippen LogP contribution in [0.3, 0.4) is 0 Å². The van der Waals surface area contributed by atoms with Gasteiger partial charge in [0.1, 0.15) is 0 Å². The third kappa shape index (κ3) is 4.97. The first kappa shape index (κ1) is 13.0. The van der Waals surface area contributed by atoms with Gasteiger partial charge in [0.15, 0.2) is 0 Å². The van der Waals surface area contributed by atoms with Crippen molar-refractivity contribution >= 4 is 33.0 Å². The summed E-state index contributed by atoms with van der Waals surface area (Å²) in [7, 11) is -3.12. The van der Waals surface area contributed by atoms with Gasteiger partial charge in [0.25, 0.3) is 0 Å². The van der Waals surface area contributed by atoms with E-state index in [0.29, 0.717) is 17.3 Å². The molecule has 0 spiro atoms. The highest BCUT2D eigenvalue weighted by Crippen LogP contribution is 2.21. The zero-order valence-electron chi connectivity index (χ0n) is 8.49. The minimum absolute atomic E-state index is 0.197. The van der Waals surface area contributed by atoms with E-state index in [-0.39, 0.29) is 5.75 Å². The first-order valence-corrected chi connectivity index (χ1v) is 7.59. The van der Waals surface area contributed by atoms with Crippen LogP contribution in [0.4, 0.5) is 0 Å². The lowest BCUT2D eigenvalue weighted by Gasteiger charge is -2.03. The Morgan fingerprint density at radius 1 is 1.47 bits per heavy atom. The van der Waals surface area contributed by atoms with Crippen LogP contribution < -0.4 is 4.72 Å². The Kier molecular flexibility index (Phi) is 5.05. The van der Waals surface area contributed by atoms with Crippen LogP contribution in [0, 0.1) is 0 Å². The van der Waals surface area contributed by atoms with Crippen molar-refractivity contribution < 1.29 is 8.42 Å². The Balaban J connectivity index is 2.42. The number of unbranched alkanes of at least 4 members (excludes halogenated alkanes) is 1. The monoisotopic (exact) mass is 267 g/mol. The van der Waals surface area contributed by atoms with Crippen LogP contribution in [0.25, 0.3) is 0 Å². The van der Waals surface area contributed by atoms with Crippen molar-refractivity contribution in [1.82, 2.24) is 4.72 Å². The Hall–Kier alpha value is -0.100. The van der Waals surface area contributed by atoms with Gasteiger partial charge >= 0.3 is 0 Å². The van der Waals surface area contributed by atoms with E-state index in [9.17, 15) is 8.42 Å². The quantitative estimate of drug-likeness (QED) is 0.861. The van der Waals surface area contributed by atoms with Crippen LogP contribution in [-0.4, -0.2) is 14.2 Å². The topological polar surface area (TPSA) is 46.2 Å². The van der Waals surface area contributed by atoms with Crippen molar-refractivity contribution in [3.05, 3.63) is 21.3 Å². The summed E-state index contributed by atoms with van der Waals surface area (Å²) in [4.78, 5) is 0.931. The molecular formula is C9H14ClNO2S2. The zero-order valence-corrected chi connectivity index (χ0v) is 10.9. The molecule has 3 nitrogen and oxygen atoms in total. The lowest BCUT2D eigenvalue weighted by atomic mass is 10.4. The average molecular weight is 268 g/mol. The molecule has 0 fully saturated rings. The minimum Gasteiger partial charge on any atom is -0.212 e. The van der Waals surface area contributed by atoms with Gasteiger partial charge in [0, 0.05) is 11.4 Å². The van der Waals surface area contributed by atoms with Gasteiger partial charge < -0.3 is 0 Å². The molecule has 1 aromatic rings. The molecule has 0 bridgehead atoms. The van der Waals surface area contributed by atoms with E-state index in [4.69, 9.17) is 11.6 Å². The summed E-state index contributed by atoms with van der Waals surface area (Å²) in [5, 5.41) is 0. The summed E-state index contributed by atoms with van der Waals surface area (Å²) < 4.78 is 26.1. The summed E-state index contributed by atoms with van der Waals surface area (Å²) in [6, 6.07) is 3.59. The van der Waals surface area contributed by atoms with E-state index in [2.05, 4.69) is 4.72 Å². The maximum atomic E-state index is 11.4. The fourth-order valence-electron chi connectivity index (χ4n) is 1.03. The largest absolute Gasteiger partial charge is 0.212 e. The van der Waals surface area contributed by atoms with Gasteiger partial charge in [-0.15, -0.1) is 11.3 Å². The fourth-order valence-corrected chi connectivity index (χ4v) is 3.34. The number of halogens is 1. The summed E-state index contributed by atoms with van der Waals surface area (Å²) in [6.07, 6.45) is 1.58. The average Bonchev–Trinajstić information content (AvgIpc) is 2.59. The molecule has 15 heavy (non-hydrogen) atoms. The van der Waals surface area contributed by atoms with E-state index >= 15 is 0 Å². The van der Waals surface area contributed by atoms with Crippen molar-refractivity contribution in [1.29, 1.82) is 0 Å². The summed E-state index contributed by atoms with van der Waals surface area (Å²) >= 11 is 7.13. The number of nitrogens with one attached hydrogen (secondary N) is 1. The molecule has 0 aliphatic rings. The zero-order chi connectivity index (χ0) is 11.3. The van der Waals surface area contributed by atoms with Crippen LogP contribution in [0.1, 0.15) is 24.6 Å². The number of sulfonamides is 1. The Morgan fingerprint density at radius 3 is 2.73 bits per heavy atom. The molecule has 0 saturated carbocycles. The van der Waals surface area contributed by atoms with Crippen molar-refractivity contribution in [2.45, 2.75) is 26.3 Å². The lowest BCUT2D eigenvalue weighted by Crippen LogP contribution is -2.25. The predicted molar refractivity (Wildman–Crippen MR) is 64.9 cm³/mol. The molecule has 1 heterocycles. The van der Waals surface area contributed by atoms with Crippen LogP contribution >= 0.6 is 22.9 Å². The van der Waals surface area contributed by atoms with E-state index in [1.807, 2.05) is 13.0 Å². The molecule has 0 aliphatic carbocycles. The summed E-state index contributed by atoms with van der Waals surface area (Å²) in [5.41, 5.74) is 0. The van der Waals surface area contributed by atoms with Gasteiger partial charge in [0.2, 0.25) is 10.0 Å². The van der Waals surface area contributed by atoms with Gasteiger partial charge in [0.05, 0.1) is 10.1 Å². The third-order valence-corrected chi connectivity index (χ3v) is 4.50. The SMILES string of the molecule is CCCCS(=O)(=O)NCc1ccc(Cl)s1. The smallest absolute Gasteiger partial charge is 0.211 e. The molecule has 0 radical (unpaired) electrons. The molecule has 0 aliphatic heterocycles. The highest BCUT2D eigenvalue weighted by Gasteiger charge is 2.09. The molecule has 0 unspecified atom stereocenters. The molecule has 86 valence electrons. The van der Waals surface area contributed by atoms with Crippen LogP contribution in [-0.2, 0) is 16.6 Å². The minimum atomic E-state index is -3.12. The van der Waals surface area contributed by atoms with E-state index in [1.54, 1.807) is 6.07 Å². The van der Waals surface area contributed by atoms with Crippen LogP contribution in [0.15, 0.2) is 12.1 Å². The number of hydrogen-bond donors (Lipinski definition) is 1. The molecular weight excluding hydrogens is 254 g/mol. The van der Waals surface area contributed by atoms with E-state index in [1.165, 1.54) is 11.3 Å². The van der Waals surface area contributed by atoms with E-state index in [0.717, 1.165) is 11.3 Å². The van der Waals surface area contributed by atoms with Crippen LogP contribution in [0.2, 0.25) is 4.34 Å². The van der Waals surface area contributed by atoms with Gasteiger partial charge in [-0.2, -0.15) is 0 Å². The van der Waals surface area contributed by atoms with Gasteiger partial charge in [-0.3, -0.25) is 0 Å².